The van der Waals surface area contributed by atoms with Crippen LogP contribution in [0.2, 0.25) is 0 Å². The Kier molecular flexibility index (Phi) is 5.10. The fourth-order valence-corrected chi connectivity index (χ4v) is 4.19. The fraction of sp³-hybridized carbons (Fsp3) is 0.381. The number of anilines is 1. The first-order valence-corrected chi connectivity index (χ1v) is 10.4. The first-order chi connectivity index (χ1) is 13.5. The van der Waals surface area contributed by atoms with Crippen LogP contribution in [-0.2, 0) is 0 Å². The Bertz CT molecular complexity index is 1010. The molecule has 1 aromatic carbocycles. The molecule has 0 spiro atoms. The number of nitrogens with one attached hydrogen (secondary N) is 1. The minimum absolute atomic E-state index is 0.0349. The van der Waals surface area contributed by atoms with Gasteiger partial charge in [-0.3, -0.25) is 4.79 Å². The fourth-order valence-electron chi connectivity index (χ4n) is 3.83. The quantitative estimate of drug-likeness (QED) is 0.648. The van der Waals surface area contributed by atoms with Gasteiger partial charge in [0.1, 0.15) is 0 Å². The molecule has 0 radical (unpaired) electrons. The number of rotatable bonds is 3. The molecule has 0 saturated carbocycles. The van der Waals surface area contributed by atoms with E-state index < -0.39 is 0 Å². The van der Waals surface area contributed by atoms with Gasteiger partial charge in [-0.2, -0.15) is 5.10 Å². The van der Waals surface area contributed by atoms with Crippen molar-refractivity contribution in [3.63, 3.8) is 0 Å². The van der Waals surface area contributed by atoms with Crippen LogP contribution in [-0.4, -0.2) is 39.0 Å². The van der Waals surface area contributed by atoms with E-state index in [9.17, 15) is 4.79 Å². The number of likely N-dealkylation sites (tertiary alicyclic amines) is 1. The number of benzene rings is 1. The summed E-state index contributed by atoms with van der Waals surface area (Å²) < 4.78 is 2.72. The summed E-state index contributed by atoms with van der Waals surface area (Å²) in [6, 6.07) is 7.73. The molecule has 3 heterocycles. The minimum atomic E-state index is -0.0350. The lowest BCUT2D eigenvalue weighted by molar-refractivity contribution is 0.0606. The Hall–Kier alpha value is -2.41. The number of aryl methyl sites for hydroxylation is 2. The predicted molar refractivity (Wildman–Crippen MR) is 114 cm³/mol. The third-order valence-electron chi connectivity index (χ3n) is 5.49. The van der Waals surface area contributed by atoms with E-state index >= 15 is 0 Å². The molecule has 0 aliphatic carbocycles. The van der Waals surface area contributed by atoms with E-state index in [0.717, 1.165) is 58.6 Å². The van der Waals surface area contributed by atoms with Crippen LogP contribution in [0, 0.1) is 13.8 Å². The van der Waals surface area contributed by atoms with Crippen LogP contribution in [0.1, 0.15) is 52.6 Å². The van der Waals surface area contributed by atoms with Gasteiger partial charge in [-0.25, -0.2) is 9.50 Å². The summed E-state index contributed by atoms with van der Waals surface area (Å²) in [6.07, 6.45) is 5.01. The van der Waals surface area contributed by atoms with E-state index in [2.05, 4.69) is 26.2 Å². The van der Waals surface area contributed by atoms with Crippen LogP contribution >= 0.6 is 15.9 Å². The van der Waals surface area contributed by atoms with Crippen molar-refractivity contribution in [2.75, 3.05) is 18.9 Å². The number of carbonyl (C=O) groups is 1. The van der Waals surface area contributed by atoms with Crippen LogP contribution < -0.4 is 5.32 Å². The van der Waals surface area contributed by atoms with Gasteiger partial charge in [0.2, 0.25) is 0 Å². The number of carbonyl (C=O) groups excluding carboxylic acids is 1. The number of amides is 1. The molecule has 1 fully saturated rings. The molecule has 2 aromatic heterocycles. The lowest BCUT2D eigenvalue weighted by Crippen LogP contribution is -2.39. The molecule has 4 rings (SSSR count). The molecule has 1 aliphatic rings. The molecule has 7 heteroatoms. The van der Waals surface area contributed by atoms with E-state index in [1.54, 1.807) is 0 Å². The van der Waals surface area contributed by atoms with Crippen molar-refractivity contribution in [1.82, 2.24) is 19.5 Å². The summed E-state index contributed by atoms with van der Waals surface area (Å²) in [4.78, 5) is 20.1. The number of fused-ring (bicyclic) bond motifs is 1. The molecule has 0 bridgehead atoms. The highest BCUT2D eigenvalue weighted by Gasteiger charge is 2.31. The van der Waals surface area contributed by atoms with Crippen molar-refractivity contribution in [2.45, 2.75) is 39.2 Å². The number of hydrogen-bond donors (Lipinski definition) is 1. The van der Waals surface area contributed by atoms with Crippen molar-refractivity contribution >= 4 is 33.2 Å². The second-order valence-electron chi connectivity index (χ2n) is 7.33. The summed E-state index contributed by atoms with van der Waals surface area (Å²) >= 11 is 3.49. The van der Waals surface area contributed by atoms with Gasteiger partial charge in [0.25, 0.3) is 5.91 Å². The molecule has 1 amide bonds. The van der Waals surface area contributed by atoms with Gasteiger partial charge in [-0.15, -0.1) is 0 Å². The number of hydrogen-bond acceptors (Lipinski definition) is 4. The van der Waals surface area contributed by atoms with Gasteiger partial charge >= 0.3 is 0 Å². The Balaban J connectivity index is 1.72. The van der Waals surface area contributed by atoms with E-state index in [1.165, 1.54) is 0 Å². The Morgan fingerprint density at radius 3 is 2.86 bits per heavy atom. The molecule has 6 nitrogen and oxygen atoms in total. The zero-order valence-corrected chi connectivity index (χ0v) is 18.0. The highest BCUT2D eigenvalue weighted by atomic mass is 79.9. The van der Waals surface area contributed by atoms with Crippen LogP contribution in [0.3, 0.4) is 0 Å². The molecule has 3 aromatic rings. The molecular weight excluding hydrogens is 418 g/mol. The second kappa shape index (κ2) is 7.54. The zero-order chi connectivity index (χ0) is 19.8. The average Bonchev–Trinajstić information content (AvgIpc) is 3.10. The third kappa shape index (κ3) is 3.39. The molecule has 1 atom stereocenters. The maximum Gasteiger partial charge on any atom is 0.256 e. The Morgan fingerprint density at radius 2 is 2.07 bits per heavy atom. The molecule has 1 N–H and O–H groups in total. The smallest absolute Gasteiger partial charge is 0.256 e. The van der Waals surface area contributed by atoms with Gasteiger partial charge in [0, 0.05) is 41.7 Å². The van der Waals surface area contributed by atoms with Crippen molar-refractivity contribution in [3.8, 4) is 0 Å². The topological polar surface area (TPSA) is 62.5 Å². The SMILES string of the molecule is CNc1ccc(Br)cc1C(=O)N1CCCC[C@H]1c1cc2nc(C)c(C)cn2n1. The second-order valence-corrected chi connectivity index (χ2v) is 8.25. The van der Waals surface area contributed by atoms with E-state index in [0.29, 0.717) is 5.56 Å². The first-order valence-electron chi connectivity index (χ1n) is 9.59. The summed E-state index contributed by atoms with van der Waals surface area (Å²) in [7, 11) is 1.84. The highest BCUT2D eigenvalue weighted by molar-refractivity contribution is 9.10. The normalized spacial score (nSPS) is 17.1. The molecule has 28 heavy (non-hydrogen) atoms. The molecule has 1 aliphatic heterocycles. The van der Waals surface area contributed by atoms with Gasteiger partial charge in [0.05, 0.1) is 17.3 Å². The number of nitrogens with zero attached hydrogens (tertiary/aromatic N) is 4. The number of aromatic nitrogens is 3. The molecule has 1 saturated heterocycles. The Labute approximate surface area is 173 Å². The van der Waals surface area contributed by atoms with Gasteiger partial charge in [0.15, 0.2) is 5.65 Å². The van der Waals surface area contributed by atoms with Gasteiger partial charge in [-0.1, -0.05) is 15.9 Å². The van der Waals surface area contributed by atoms with E-state index in [1.807, 2.05) is 60.8 Å². The van der Waals surface area contributed by atoms with Crippen molar-refractivity contribution < 1.29 is 4.79 Å². The standard InChI is InChI=1S/C21H24BrN5O/c1-13-12-27-20(24-14(13)2)11-18(25-27)19-6-4-5-9-26(19)21(28)16-10-15(22)7-8-17(16)23-3/h7-8,10-12,19,23H,4-6,9H2,1-3H3/t19-/m0/s1. The lowest BCUT2D eigenvalue weighted by atomic mass is 9.98. The summed E-state index contributed by atoms with van der Waals surface area (Å²) in [5.41, 5.74) is 5.36. The maximum atomic E-state index is 13.5. The summed E-state index contributed by atoms with van der Waals surface area (Å²) in [5.74, 6) is 0.0349. The average molecular weight is 442 g/mol. The number of halogens is 1. The monoisotopic (exact) mass is 441 g/mol. The van der Waals surface area contributed by atoms with Gasteiger partial charge < -0.3 is 10.2 Å². The summed E-state index contributed by atoms with van der Waals surface area (Å²) in [5, 5.41) is 7.89. The van der Waals surface area contributed by atoms with Crippen LogP contribution in [0.4, 0.5) is 5.69 Å². The van der Waals surface area contributed by atoms with Gasteiger partial charge in [-0.05, 0) is 56.9 Å². The zero-order valence-electron chi connectivity index (χ0n) is 16.4. The van der Waals surface area contributed by atoms with Crippen LogP contribution in [0.5, 0.6) is 0 Å². The predicted octanol–water partition coefficient (Wildman–Crippen LogP) is 4.52. The van der Waals surface area contributed by atoms with Crippen LogP contribution in [0.25, 0.3) is 5.65 Å². The largest absolute Gasteiger partial charge is 0.387 e. The van der Waals surface area contributed by atoms with Crippen molar-refractivity contribution in [1.29, 1.82) is 0 Å². The Morgan fingerprint density at radius 1 is 1.25 bits per heavy atom. The third-order valence-corrected chi connectivity index (χ3v) is 5.98. The summed E-state index contributed by atoms with van der Waals surface area (Å²) in [6.45, 7) is 4.77. The molecule has 146 valence electrons. The van der Waals surface area contributed by atoms with E-state index in [-0.39, 0.29) is 11.9 Å². The van der Waals surface area contributed by atoms with Crippen molar-refractivity contribution in [2.24, 2.45) is 0 Å². The minimum Gasteiger partial charge on any atom is -0.387 e. The first kappa shape index (κ1) is 18.9. The van der Waals surface area contributed by atoms with Crippen molar-refractivity contribution in [3.05, 3.63) is 57.4 Å². The lowest BCUT2D eigenvalue weighted by Gasteiger charge is -2.35. The maximum absolute atomic E-state index is 13.5. The van der Waals surface area contributed by atoms with E-state index in [4.69, 9.17) is 5.10 Å². The van der Waals surface area contributed by atoms with Crippen LogP contribution in [0.15, 0.2) is 34.9 Å². The number of piperidine rings is 1. The highest BCUT2D eigenvalue weighted by Crippen LogP contribution is 2.33. The molecular formula is C21H24BrN5O. The molecule has 0 unspecified atom stereocenters.